The normalized spacial score (nSPS) is 27.6. The van der Waals surface area contributed by atoms with Gasteiger partial charge >= 0.3 is 5.97 Å². The molecule has 1 unspecified atom stereocenters. The number of nitrogens with zero attached hydrogens (tertiary/aromatic N) is 1. The van der Waals surface area contributed by atoms with Crippen molar-refractivity contribution in [3.8, 4) is 0 Å². The maximum Gasteiger partial charge on any atom is 0.309 e. The lowest BCUT2D eigenvalue weighted by Crippen LogP contribution is -2.41. The molecule has 1 heterocycles. The summed E-state index contributed by atoms with van der Waals surface area (Å²) >= 11 is 0. The maximum atomic E-state index is 12.6. The van der Waals surface area contributed by atoms with E-state index in [0.29, 0.717) is 25.2 Å². The minimum Gasteiger partial charge on any atom is -0.455 e. The molecule has 2 saturated carbocycles. The molecule has 0 N–H and O–H groups in total. The van der Waals surface area contributed by atoms with Crippen molar-refractivity contribution in [3.05, 3.63) is 29.8 Å². The number of fused-ring (bicyclic) bond motifs is 3. The van der Waals surface area contributed by atoms with Crippen LogP contribution in [0.1, 0.15) is 44.1 Å². The molecule has 26 heavy (non-hydrogen) atoms. The number of rotatable bonds is 3. The number of anilines is 1. The number of Topliss-reactive ketones (excluding diaryl/α,β-unsaturated/α-hetero) is 1. The highest BCUT2D eigenvalue weighted by Gasteiger charge is 2.42. The summed E-state index contributed by atoms with van der Waals surface area (Å²) in [6.07, 6.45) is 5.94. The Labute approximate surface area is 153 Å². The highest BCUT2D eigenvalue weighted by molar-refractivity contribution is 5.96. The standard InChI is InChI=1S/C21H25NO4/c23-19(22-10-4-8-14-5-1-2-9-18(14)22)13-26-21(25)17-11-15-6-3-7-16(12-17)20(15)24/h1-2,5,9,15-17H,3-4,6-8,10-13H2/t15-,16+,17?. The van der Waals surface area contributed by atoms with Gasteiger partial charge in [0.15, 0.2) is 6.61 Å². The number of ether oxygens (including phenoxy) is 1. The van der Waals surface area contributed by atoms with E-state index in [9.17, 15) is 14.4 Å². The van der Waals surface area contributed by atoms with Gasteiger partial charge < -0.3 is 9.64 Å². The molecule has 2 bridgehead atoms. The summed E-state index contributed by atoms with van der Waals surface area (Å²) in [5.74, 6) is -0.342. The molecule has 2 aliphatic carbocycles. The number of amides is 1. The number of hydrogen-bond donors (Lipinski definition) is 0. The molecule has 1 aliphatic heterocycles. The van der Waals surface area contributed by atoms with Crippen molar-refractivity contribution in [2.45, 2.75) is 44.9 Å². The molecule has 2 fully saturated rings. The number of benzene rings is 1. The van der Waals surface area contributed by atoms with E-state index >= 15 is 0 Å². The van der Waals surface area contributed by atoms with E-state index in [1.807, 2.05) is 24.3 Å². The van der Waals surface area contributed by atoms with Gasteiger partial charge in [-0.25, -0.2) is 0 Å². The number of esters is 1. The van der Waals surface area contributed by atoms with Crippen LogP contribution in [0.15, 0.2) is 24.3 Å². The molecular weight excluding hydrogens is 330 g/mol. The van der Waals surface area contributed by atoms with Gasteiger partial charge in [-0.3, -0.25) is 14.4 Å². The molecule has 0 radical (unpaired) electrons. The Kier molecular flexibility index (Phi) is 4.79. The fourth-order valence-corrected chi connectivity index (χ4v) is 4.79. The van der Waals surface area contributed by atoms with E-state index in [-0.39, 0.29) is 36.2 Å². The predicted molar refractivity (Wildman–Crippen MR) is 96.6 cm³/mol. The summed E-state index contributed by atoms with van der Waals surface area (Å²) in [4.78, 5) is 38.9. The molecule has 138 valence electrons. The highest BCUT2D eigenvalue weighted by atomic mass is 16.5. The summed E-state index contributed by atoms with van der Waals surface area (Å²) in [5.41, 5.74) is 2.09. The van der Waals surface area contributed by atoms with E-state index in [4.69, 9.17) is 4.74 Å². The Morgan fingerprint density at radius 1 is 1.08 bits per heavy atom. The highest BCUT2D eigenvalue weighted by Crippen LogP contribution is 2.40. The van der Waals surface area contributed by atoms with Gasteiger partial charge in [-0.1, -0.05) is 24.6 Å². The summed E-state index contributed by atoms with van der Waals surface area (Å²) in [5, 5.41) is 0. The lowest BCUT2D eigenvalue weighted by atomic mass is 9.67. The molecule has 5 nitrogen and oxygen atoms in total. The zero-order chi connectivity index (χ0) is 18.1. The van der Waals surface area contributed by atoms with Crippen LogP contribution in [0.2, 0.25) is 0 Å². The third-order valence-electron chi connectivity index (χ3n) is 6.13. The van der Waals surface area contributed by atoms with Crippen LogP contribution in [-0.4, -0.2) is 30.8 Å². The first-order chi connectivity index (χ1) is 12.6. The Morgan fingerprint density at radius 3 is 2.58 bits per heavy atom. The minimum absolute atomic E-state index is 0.0183. The average Bonchev–Trinajstić information content (AvgIpc) is 2.65. The quantitative estimate of drug-likeness (QED) is 0.782. The molecular formula is C21H25NO4. The second-order valence-corrected chi connectivity index (χ2v) is 7.78. The number of carbonyl (C=O) groups is 3. The lowest BCUT2D eigenvalue weighted by molar-refractivity contribution is -0.156. The second kappa shape index (κ2) is 7.22. The fraction of sp³-hybridized carbons (Fsp3) is 0.571. The predicted octanol–water partition coefficient (Wildman–Crippen LogP) is 2.90. The minimum atomic E-state index is -0.312. The van der Waals surface area contributed by atoms with Crippen molar-refractivity contribution in [2.24, 2.45) is 17.8 Å². The molecule has 4 rings (SSSR count). The largest absolute Gasteiger partial charge is 0.455 e. The SMILES string of the molecule is O=C(OCC(=O)N1CCCc2ccccc21)C1C[C@H]2CCC[C@@H](C1)C2=O. The number of carbonyl (C=O) groups excluding carboxylic acids is 3. The number of aryl methyl sites for hydroxylation is 1. The lowest BCUT2D eigenvalue weighted by Gasteiger charge is -2.36. The van der Waals surface area contributed by atoms with E-state index in [2.05, 4.69) is 0 Å². The van der Waals surface area contributed by atoms with Crippen LogP contribution in [0.5, 0.6) is 0 Å². The van der Waals surface area contributed by atoms with E-state index < -0.39 is 0 Å². The van der Waals surface area contributed by atoms with Crippen molar-refractivity contribution < 1.29 is 19.1 Å². The molecule has 3 atom stereocenters. The van der Waals surface area contributed by atoms with Crippen molar-refractivity contribution >= 4 is 23.3 Å². The first kappa shape index (κ1) is 17.3. The van der Waals surface area contributed by atoms with E-state index in [1.165, 1.54) is 0 Å². The smallest absolute Gasteiger partial charge is 0.309 e. The van der Waals surface area contributed by atoms with Gasteiger partial charge in [0.1, 0.15) is 5.78 Å². The van der Waals surface area contributed by atoms with Crippen LogP contribution in [0, 0.1) is 17.8 Å². The van der Waals surface area contributed by atoms with Gasteiger partial charge in [0.25, 0.3) is 5.91 Å². The van der Waals surface area contributed by atoms with Gasteiger partial charge in [-0.15, -0.1) is 0 Å². The van der Waals surface area contributed by atoms with Gasteiger partial charge in [0.2, 0.25) is 0 Å². The molecule has 5 heteroatoms. The third-order valence-corrected chi connectivity index (χ3v) is 6.13. The first-order valence-corrected chi connectivity index (χ1v) is 9.72. The van der Waals surface area contributed by atoms with Crippen LogP contribution in [0.3, 0.4) is 0 Å². The summed E-state index contributed by atoms with van der Waals surface area (Å²) in [7, 11) is 0. The summed E-state index contributed by atoms with van der Waals surface area (Å²) < 4.78 is 5.37. The summed E-state index contributed by atoms with van der Waals surface area (Å²) in [6, 6.07) is 7.89. The molecule has 0 aromatic heterocycles. The average molecular weight is 355 g/mol. The number of para-hydroxylation sites is 1. The van der Waals surface area contributed by atoms with Crippen molar-refractivity contribution in [1.82, 2.24) is 0 Å². The fourth-order valence-electron chi connectivity index (χ4n) is 4.79. The molecule has 1 aromatic carbocycles. The van der Waals surface area contributed by atoms with Crippen LogP contribution in [0.4, 0.5) is 5.69 Å². The molecule has 0 saturated heterocycles. The van der Waals surface area contributed by atoms with E-state index in [1.54, 1.807) is 4.90 Å². The molecule has 0 spiro atoms. The van der Waals surface area contributed by atoms with Crippen molar-refractivity contribution in [3.63, 3.8) is 0 Å². The van der Waals surface area contributed by atoms with Gasteiger partial charge in [-0.05, 0) is 50.2 Å². The van der Waals surface area contributed by atoms with Crippen LogP contribution < -0.4 is 4.90 Å². The van der Waals surface area contributed by atoms with E-state index in [0.717, 1.165) is 43.4 Å². The number of ketones is 1. The second-order valence-electron chi connectivity index (χ2n) is 7.78. The van der Waals surface area contributed by atoms with Gasteiger partial charge in [0, 0.05) is 24.1 Å². The number of hydrogen-bond acceptors (Lipinski definition) is 4. The third kappa shape index (κ3) is 3.27. The Balaban J connectivity index is 1.35. The van der Waals surface area contributed by atoms with Gasteiger partial charge in [-0.2, -0.15) is 0 Å². The first-order valence-electron chi connectivity index (χ1n) is 9.72. The van der Waals surface area contributed by atoms with Crippen molar-refractivity contribution in [2.75, 3.05) is 18.1 Å². The van der Waals surface area contributed by atoms with Crippen molar-refractivity contribution in [1.29, 1.82) is 0 Å². The molecule has 1 aromatic rings. The monoisotopic (exact) mass is 355 g/mol. The summed E-state index contributed by atoms with van der Waals surface area (Å²) in [6.45, 7) is 0.447. The van der Waals surface area contributed by atoms with Crippen LogP contribution in [0.25, 0.3) is 0 Å². The Morgan fingerprint density at radius 2 is 1.81 bits per heavy atom. The zero-order valence-electron chi connectivity index (χ0n) is 15.0. The zero-order valence-corrected chi connectivity index (χ0v) is 15.0. The topological polar surface area (TPSA) is 63.7 Å². The van der Waals surface area contributed by atoms with Crippen LogP contribution in [-0.2, 0) is 25.5 Å². The molecule has 1 amide bonds. The molecule has 3 aliphatic rings. The Bertz CT molecular complexity index is 712. The maximum absolute atomic E-state index is 12.6. The van der Waals surface area contributed by atoms with Gasteiger partial charge in [0.05, 0.1) is 5.92 Å². The van der Waals surface area contributed by atoms with Crippen LogP contribution >= 0.6 is 0 Å². The Hall–Kier alpha value is -2.17.